The Morgan fingerprint density at radius 2 is 2.06 bits per heavy atom. The van der Waals surface area contributed by atoms with Crippen LogP contribution in [0.15, 0.2) is 56.7 Å². The molecule has 2 aromatic carbocycles. The molecule has 162 valence electrons. The van der Waals surface area contributed by atoms with Crippen LogP contribution in [0.4, 0.5) is 11.4 Å². The number of aryl methyl sites for hydroxylation is 1. The molecule has 2 heterocycles. The summed E-state index contributed by atoms with van der Waals surface area (Å²) in [4.78, 5) is 19.7. The summed E-state index contributed by atoms with van der Waals surface area (Å²) in [5.41, 5.74) is 2.16. The molecule has 7 nitrogen and oxygen atoms in total. The highest BCUT2D eigenvalue weighted by molar-refractivity contribution is 7.98. The number of aromatic carboxylic acids is 1. The first-order chi connectivity index (χ1) is 15.0. The number of anilines is 2. The van der Waals surface area contributed by atoms with Gasteiger partial charge >= 0.3 is 5.97 Å². The largest absolute Gasteiger partial charge is 0.484 e. The number of hydrogen-bond donors (Lipinski definition) is 1. The molecule has 4 rings (SSSR count). The number of carbonyl (C=O) groups is 1. The smallest absolute Gasteiger partial charge is 0.358 e. The van der Waals surface area contributed by atoms with Crippen molar-refractivity contribution in [1.82, 2.24) is 9.29 Å². The van der Waals surface area contributed by atoms with Crippen molar-refractivity contribution >= 4 is 41.1 Å². The third-order valence-electron chi connectivity index (χ3n) is 4.86. The maximum atomic E-state index is 11.4. The van der Waals surface area contributed by atoms with E-state index in [1.807, 2.05) is 30.5 Å². The molecule has 0 fully saturated rings. The number of carboxylic acids is 1. The molecule has 0 saturated heterocycles. The van der Waals surface area contributed by atoms with Crippen molar-refractivity contribution in [3.63, 3.8) is 0 Å². The molecule has 1 N–H and O–H groups in total. The van der Waals surface area contributed by atoms with E-state index in [0.29, 0.717) is 11.6 Å². The van der Waals surface area contributed by atoms with E-state index in [2.05, 4.69) is 39.4 Å². The number of carboxylic acid groups (broad SMARTS) is 1. The van der Waals surface area contributed by atoms with Crippen LogP contribution in [0.3, 0.4) is 0 Å². The van der Waals surface area contributed by atoms with Gasteiger partial charge in [0.05, 0.1) is 15.5 Å². The Balaban J connectivity index is 1.69. The molecular weight excluding hydrogens is 434 g/mol. The molecule has 0 bridgehead atoms. The second-order valence-electron chi connectivity index (χ2n) is 7.00. The number of thioether (sulfide) groups is 1. The Morgan fingerprint density at radius 1 is 1.29 bits per heavy atom. The molecular formula is C22H23N3O4S2. The van der Waals surface area contributed by atoms with Gasteiger partial charge < -0.3 is 19.2 Å². The molecule has 0 radical (unpaired) electrons. The summed E-state index contributed by atoms with van der Waals surface area (Å²) in [5, 5.41) is 9.34. The number of oxazole rings is 1. The average Bonchev–Trinajstić information content (AvgIpc) is 3.06. The van der Waals surface area contributed by atoms with Crippen LogP contribution in [0.5, 0.6) is 5.75 Å². The first kappa shape index (κ1) is 21.6. The van der Waals surface area contributed by atoms with Crippen LogP contribution >= 0.6 is 23.7 Å². The number of fused-ring (bicyclic) bond motifs is 1. The van der Waals surface area contributed by atoms with Gasteiger partial charge in [0.15, 0.2) is 17.3 Å². The molecule has 3 aromatic rings. The topological polar surface area (TPSA) is 79.0 Å². The van der Waals surface area contributed by atoms with Gasteiger partial charge in [-0.05, 0) is 49.5 Å². The number of nitrogens with zero attached hydrogens (tertiary/aromatic N) is 3. The van der Waals surface area contributed by atoms with Crippen molar-refractivity contribution in [1.29, 1.82) is 0 Å². The highest BCUT2D eigenvalue weighted by Gasteiger charge is 2.24. The number of aromatic nitrogens is 1. The molecule has 0 aliphatic carbocycles. The molecule has 31 heavy (non-hydrogen) atoms. The lowest BCUT2D eigenvalue weighted by molar-refractivity contribution is 0.0686. The SMILES string of the molecule is CSc1cc2c(cc1OCc1oc(C)nc1C(=O)O)SN(C)CCN2c1ccccc1. The maximum Gasteiger partial charge on any atom is 0.358 e. The number of likely N-dealkylation sites (N-methyl/N-ethyl adjacent to an activating group) is 1. The normalized spacial score (nSPS) is 14.2. The zero-order valence-electron chi connectivity index (χ0n) is 17.5. The molecule has 0 atom stereocenters. The van der Waals surface area contributed by atoms with Gasteiger partial charge in [-0.3, -0.25) is 0 Å². The van der Waals surface area contributed by atoms with Crippen molar-refractivity contribution in [3.8, 4) is 5.75 Å². The number of para-hydroxylation sites is 1. The van der Waals surface area contributed by atoms with E-state index < -0.39 is 5.97 Å². The zero-order chi connectivity index (χ0) is 22.0. The fourth-order valence-electron chi connectivity index (χ4n) is 3.42. The summed E-state index contributed by atoms with van der Waals surface area (Å²) in [7, 11) is 2.07. The van der Waals surface area contributed by atoms with Crippen molar-refractivity contribution in [2.45, 2.75) is 23.3 Å². The maximum absolute atomic E-state index is 11.4. The Labute approximate surface area is 189 Å². The minimum Gasteiger partial charge on any atom is -0.484 e. The molecule has 0 unspecified atom stereocenters. The Kier molecular flexibility index (Phi) is 6.45. The van der Waals surface area contributed by atoms with Crippen LogP contribution in [0.2, 0.25) is 0 Å². The van der Waals surface area contributed by atoms with E-state index in [0.717, 1.165) is 34.3 Å². The van der Waals surface area contributed by atoms with Gasteiger partial charge in [0.25, 0.3) is 0 Å². The number of hydrogen-bond acceptors (Lipinski definition) is 8. The van der Waals surface area contributed by atoms with E-state index in [1.54, 1.807) is 30.6 Å². The number of rotatable bonds is 6. The summed E-state index contributed by atoms with van der Waals surface area (Å²) in [6.07, 6.45) is 2.00. The van der Waals surface area contributed by atoms with E-state index in [4.69, 9.17) is 9.15 Å². The first-order valence-electron chi connectivity index (χ1n) is 9.72. The summed E-state index contributed by atoms with van der Waals surface area (Å²) < 4.78 is 13.7. The Morgan fingerprint density at radius 3 is 2.77 bits per heavy atom. The number of benzene rings is 2. The van der Waals surface area contributed by atoms with Crippen molar-refractivity contribution < 1.29 is 19.1 Å². The minimum absolute atomic E-state index is 0.00226. The zero-order valence-corrected chi connectivity index (χ0v) is 19.1. The van der Waals surface area contributed by atoms with Crippen LogP contribution in [-0.2, 0) is 6.61 Å². The van der Waals surface area contributed by atoms with Gasteiger partial charge in [-0.2, -0.15) is 0 Å². The second kappa shape index (κ2) is 9.25. The van der Waals surface area contributed by atoms with E-state index >= 15 is 0 Å². The van der Waals surface area contributed by atoms with Crippen LogP contribution in [0.1, 0.15) is 22.1 Å². The predicted octanol–water partition coefficient (Wildman–Crippen LogP) is 5.07. The van der Waals surface area contributed by atoms with Gasteiger partial charge in [-0.15, -0.1) is 11.8 Å². The van der Waals surface area contributed by atoms with Gasteiger partial charge in [-0.25, -0.2) is 14.1 Å². The second-order valence-corrected chi connectivity index (χ2v) is 9.09. The summed E-state index contributed by atoms with van der Waals surface area (Å²) >= 11 is 3.26. The van der Waals surface area contributed by atoms with Crippen molar-refractivity contribution in [2.75, 3.05) is 31.3 Å². The van der Waals surface area contributed by atoms with Crippen LogP contribution in [0, 0.1) is 6.92 Å². The lowest BCUT2D eigenvalue weighted by atomic mass is 10.2. The molecule has 1 aliphatic rings. The standard InChI is InChI=1S/C22H23N3O4S2/c1-14-23-21(22(26)27)18(29-14)13-28-17-12-19-16(11-20(17)30-3)25(10-9-24(2)31-19)15-7-5-4-6-8-15/h4-8,11-12H,9-10,13H2,1-3H3,(H,26,27). The molecule has 0 spiro atoms. The summed E-state index contributed by atoms with van der Waals surface area (Å²) in [6.45, 7) is 3.39. The fraction of sp³-hybridized carbons (Fsp3) is 0.273. The third kappa shape index (κ3) is 4.68. The van der Waals surface area contributed by atoms with Crippen molar-refractivity contribution in [2.24, 2.45) is 0 Å². The van der Waals surface area contributed by atoms with E-state index in [9.17, 15) is 9.90 Å². The Hall–Kier alpha value is -2.62. The average molecular weight is 458 g/mol. The number of ether oxygens (including phenoxy) is 1. The minimum atomic E-state index is -1.13. The van der Waals surface area contributed by atoms with Crippen LogP contribution < -0.4 is 9.64 Å². The first-order valence-corrected chi connectivity index (χ1v) is 11.7. The lowest BCUT2D eigenvalue weighted by Crippen LogP contribution is -2.24. The molecule has 0 amide bonds. The predicted molar refractivity (Wildman–Crippen MR) is 123 cm³/mol. The van der Waals surface area contributed by atoms with Gasteiger partial charge in [0, 0.05) is 25.7 Å². The lowest BCUT2D eigenvalue weighted by Gasteiger charge is -2.25. The van der Waals surface area contributed by atoms with Crippen LogP contribution in [0.25, 0.3) is 0 Å². The monoisotopic (exact) mass is 457 g/mol. The van der Waals surface area contributed by atoms with Gasteiger partial charge in [0.2, 0.25) is 0 Å². The molecule has 9 heteroatoms. The quantitative estimate of drug-likeness (QED) is 0.403. The summed E-state index contributed by atoms with van der Waals surface area (Å²) in [5.74, 6) is 0.0759. The highest BCUT2D eigenvalue weighted by Crippen LogP contribution is 2.44. The highest BCUT2D eigenvalue weighted by atomic mass is 32.2. The van der Waals surface area contributed by atoms with Crippen molar-refractivity contribution in [3.05, 3.63) is 59.8 Å². The van der Waals surface area contributed by atoms with Gasteiger partial charge in [-0.1, -0.05) is 18.2 Å². The summed E-state index contributed by atoms with van der Waals surface area (Å²) in [6, 6.07) is 14.5. The van der Waals surface area contributed by atoms with E-state index in [-0.39, 0.29) is 18.1 Å². The third-order valence-corrected chi connectivity index (χ3v) is 6.64. The Bertz CT molecular complexity index is 1090. The molecule has 1 aromatic heterocycles. The fourth-order valence-corrected chi connectivity index (χ4v) is 4.89. The molecule has 0 saturated carbocycles. The molecule has 1 aliphatic heterocycles. The van der Waals surface area contributed by atoms with Gasteiger partial charge in [0.1, 0.15) is 12.4 Å². The van der Waals surface area contributed by atoms with Crippen LogP contribution in [-0.4, -0.2) is 46.8 Å². The van der Waals surface area contributed by atoms with E-state index in [1.165, 1.54) is 0 Å².